The lowest BCUT2D eigenvalue weighted by Crippen LogP contribution is -1.83. The molecule has 0 aliphatic rings. The molecule has 0 amide bonds. The van der Waals surface area contributed by atoms with E-state index in [0.717, 1.165) is 5.56 Å². The number of nitrogens with zero attached hydrogens (tertiary/aromatic N) is 1. The second-order valence-corrected chi connectivity index (χ2v) is 3.60. The molecule has 0 aliphatic carbocycles. The van der Waals surface area contributed by atoms with Crippen LogP contribution in [0.2, 0.25) is 0 Å². The van der Waals surface area contributed by atoms with E-state index in [-0.39, 0.29) is 5.69 Å². The molecular weight excluding hydrogens is 204 g/mol. The van der Waals surface area contributed by atoms with Crippen LogP contribution in [0.1, 0.15) is 12.1 Å². The zero-order chi connectivity index (χ0) is 9.97. The number of alkyl halides is 2. The molecule has 0 aliphatic heterocycles. The molecule has 1 nitrogen and oxygen atoms in total. The highest BCUT2D eigenvalue weighted by atomic mass is 32.1. The van der Waals surface area contributed by atoms with Crippen LogP contribution >= 0.6 is 11.3 Å². The van der Waals surface area contributed by atoms with E-state index in [0.29, 0.717) is 5.01 Å². The number of hydrogen-bond donors (Lipinski definition) is 0. The number of hydrogen-bond acceptors (Lipinski definition) is 2. The van der Waals surface area contributed by atoms with E-state index in [9.17, 15) is 8.78 Å². The van der Waals surface area contributed by atoms with Gasteiger partial charge in [-0.2, -0.15) is 0 Å². The molecule has 0 atom stereocenters. The number of thiazole rings is 1. The van der Waals surface area contributed by atoms with E-state index in [1.165, 1.54) is 16.7 Å². The van der Waals surface area contributed by atoms with Crippen molar-refractivity contribution in [1.29, 1.82) is 0 Å². The van der Waals surface area contributed by atoms with Crippen LogP contribution in [0, 0.1) is 0 Å². The van der Waals surface area contributed by atoms with Crippen LogP contribution in [0.25, 0.3) is 10.6 Å². The molecule has 0 saturated carbocycles. The normalized spacial score (nSPS) is 10.8. The van der Waals surface area contributed by atoms with Gasteiger partial charge in [0, 0.05) is 10.9 Å². The quantitative estimate of drug-likeness (QED) is 0.737. The molecule has 0 saturated heterocycles. The minimum atomic E-state index is -2.48. The van der Waals surface area contributed by atoms with Gasteiger partial charge in [0.15, 0.2) is 0 Å². The van der Waals surface area contributed by atoms with Gasteiger partial charge in [0.05, 0.1) is 0 Å². The van der Waals surface area contributed by atoms with Crippen molar-refractivity contribution in [2.24, 2.45) is 0 Å². The first kappa shape index (κ1) is 9.27. The van der Waals surface area contributed by atoms with Gasteiger partial charge in [-0.15, -0.1) is 11.3 Å². The number of rotatable bonds is 2. The molecule has 4 heteroatoms. The Morgan fingerprint density at radius 1 is 1.14 bits per heavy atom. The fourth-order valence-electron chi connectivity index (χ4n) is 1.10. The lowest BCUT2D eigenvalue weighted by Gasteiger charge is -1.93. The lowest BCUT2D eigenvalue weighted by atomic mass is 10.2. The molecule has 1 heterocycles. The monoisotopic (exact) mass is 211 g/mol. The molecule has 0 unspecified atom stereocenters. The summed E-state index contributed by atoms with van der Waals surface area (Å²) in [6.45, 7) is 0. The Kier molecular flexibility index (Phi) is 2.54. The fourth-order valence-corrected chi connectivity index (χ4v) is 1.92. The van der Waals surface area contributed by atoms with Crippen molar-refractivity contribution >= 4 is 11.3 Å². The maximum atomic E-state index is 12.2. The molecular formula is C10H7F2NS. The van der Waals surface area contributed by atoms with Gasteiger partial charge in [-0.1, -0.05) is 30.3 Å². The standard InChI is InChI=1S/C10H7F2NS/c11-9(12)8-6-14-10(13-8)7-4-2-1-3-5-7/h1-6,9H. The van der Waals surface area contributed by atoms with Crippen molar-refractivity contribution in [2.75, 3.05) is 0 Å². The molecule has 0 fully saturated rings. The maximum Gasteiger partial charge on any atom is 0.281 e. The highest BCUT2D eigenvalue weighted by Gasteiger charge is 2.12. The summed E-state index contributed by atoms with van der Waals surface area (Å²) in [5, 5.41) is 2.04. The highest BCUT2D eigenvalue weighted by molar-refractivity contribution is 7.13. The predicted molar refractivity (Wildman–Crippen MR) is 52.5 cm³/mol. The van der Waals surface area contributed by atoms with Crippen molar-refractivity contribution in [3.63, 3.8) is 0 Å². The molecule has 2 rings (SSSR count). The van der Waals surface area contributed by atoms with Gasteiger partial charge in [0.1, 0.15) is 10.7 Å². The van der Waals surface area contributed by atoms with E-state index in [1.54, 1.807) is 0 Å². The van der Waals surface area contributed by atoms with Crippen LogP contribution in [-0.2, 0) is 0 Å². The van der Waals surface area contributed by atoms with E-state index >= 15 is 0 Å². The van der Waals surface area contributed by atoms with Crippen LogP contribution in [0.5, 0.6) is 0 Å². The second kappa shape index (κ2) is 3.84. The summed E-state index contributed by atoms with van der Waals surface area (Å²) < 4.78 is 24.5. The Hall–Kier alpha value is -1.29. The summed E-state index contributed by atoms with van der Waals surface area (Å²) in [5.41, 5.74) is 0.734. The van der Waals surface area contributed by atoms with E-state index < -0.39 is 6.43 Å². The average Bonchev–Trinajstić information content (AvgIpc) is 2.68. The zero-order valence-electron chi connectivity index (χ0n) is 7.15. The first-order chi connectivity index (χ1) is 6.77. The Bertz CT molecular complexity index is 411. The molecule has 0 radical (unpaired) electrons. The molecule has 14 heavy (non-hydrogen) atoms. The fraction of sp³-hybridized carbons (Fsp3) is 0.100. The molecule has 1 aromatic heterocycles. The Morgan fingerprint density at radius 2 is 1.86 bits per heavy atom. The number of aromatic nitrogens is 1. The molecule has 1 aromatic carbocycles. The van der Waals surface area contributed by atoms with E-state index in [2.05, 4.69) is 4.98 Å². The van der Waals surface area contributed by atoms with Crippen LogP contribution in [-0.4, -0.2) is 4.98 Å². The van der Waals surface area contributed by atoms with Crippen LogP contribution in [0.15, 0.2) is 35.7 Å². The maximum absolute atomic E-state index is 12.2. The van der Waals surface area contributed by atoms with Crippen LogP contribution in [0.3, 0.4) is 0 Å². The zero-order valence-corrected chi connectivity index (χ0v) is 7.97. The van der Waals surface area contributed by atoms with Gasteiger partial charge >= 0.3 is 0 Å². The largest absolute Gasteiger partial charge is 0.281 e. The van der Waals surface area contributed by atoms with Gasteiger partial charge in [-0.3, -0.25) is 0 Å². The molecule has 0 spiro atoms. The minimum Gasteiger partial charge on any atom is -0.235 e. The molecule has 0 bridgehead atoms. The second-order valence-electron chi connectivity index (χ2n) is 2.74. The molecule has 2 aromatic rings. The van der Waals surface area contributed by atoms with Gasteiger partial charge in [0.25, 0.3) is 6.43 Å². The summed E-state index contributed by atoms with van der Waals surface area (Å²) in [4.78, 5) is 3.85. The number of benzene rings is 1. The van der Waals surface area contributed by atoms with Gasteiger partial charge in [-0.25, -0.2) is 13.8 Å². The summed E-state index contributed by atoms with van der Waals surface area (Å²) in [5.74, 6) is 0. The topological polar surface area (TPSA) is 12.9 Å². The van der Waals surface area contributed by atoms with E-state index in [1.807, 2.05) is 30.3 Å². The van der Waals surface area contributed by atoms with Gasteiger partial charge in [-0.05, 0) is 0 Å². The van der Waals surface area contributed by atoms with Crippen molar-refractivity contribution in [3.8, 4) is 10.6 Å². The van der Waals surface area contributed by atoms with Gasteiger partial charge < -0.3 is 0 Å². The SMILES string of the molecule is FC(F)c1csc(-c2ccccc2)n1. The van der Waals surface area contributed by atoms with Crippen molar-refractivity contribution < 1.29 is 8.78 Å². The van der Waals surface area contributed by atoms with Crippen molar-refractivity contribution in [1.82, 2.24) is 4.98 Å². The third kappa shape index (κ3) is 1.80. The third-order valence-corrected chi connectivity index (χ3v) is 2.68. The first-order valence-electron chi connectivity index (χ1n) is 4.06. The summed E-state index contributed by atoms with van der Waals surface area (Å²) >= 11 is 1.24. The Labute approximate surface area is 84.0 Å². The smallest absolute Gasteiger partial charge is 0.235 e. The van der Waals surface area contributed by atoms with E-state index in [4.69, 9.17) is 0 Å². The van der Waals surface area contributed by atoms with Gasteiger partial charge in [0.2, 0.25) is 0 Å². The lowest BCUT2D eigenvalue weighted by molar-refractivity contribution is 0.147. The first-order valence-corrected chi connectivity index (χ1v) is 4.94. The molecule has 0 N–H and O–H groups in total. The van der Waals surface area contributed by atoms with Crippen molar-refractivity contribution in [2.45, 2.75) is 6.43 Å². The Morgan fingerprint density at radius 3 is 2.43 bits per heavy atom. The summed E-state index contributed by atoms with van der Waals surface area (Å²) in [7, 11) is 0. The van der Waals surface area contributed by atoms with Crippen LogP contribution in [0.4, 0.5) is 8.78 Å². The molecule has 72 valence electrons. The average molecular weight is 211 g/mol. The Balaban J connectivity index is 2.34. The highest BCUT2D eigenvalue weighted by Crippen LogP contribution is 2.27. The summed E-state index contributed by atoms with van der Waals surface area (Å²) in [6, 6.07) is 9.31. The predicted octanol–water partition coefficient (Wildman–Crippen LogP) is 3.75. The number of halogens is 2. The third-order valence-electron chi connectivity index (χ3n) is 1.77. The van der Waals surface area contributed by atoms with Crippen LogP contribution < -0.4 is 0 Å². The minimum absolute atomic E-state index is 0.145. The van der Waals surface area contributed by atoms with Crippen molar-refractivity contribution in [3.05, 3.63) is 41.4 Å². The summed E-state index contributed by atoms with van der Waals surface area (Å²) in [6.07, 6.45) is -2.48.